The molecule has 0 aromatic carbocycles. The van der Waals surface area contributed by atoms with Gasteiger partial charge in [-0.3, -0.25) is 0 Å². The quantitative estimate of drug-likeness (QED) is 0.607. The van der Waals surface area contributed by atoms with Gasteiger partial charge in [0.2, 0.25) is 0 Å². The number of hydrogen-bond donors (Lipinski definition) is 1. The van der Waals surface area contributed by atoms with E-state index in [0.29, 0.717) is 13.0 Å². The van der Waals surface area contributed by atoms with Crippen LogP contribution < -0.4 is 5.73 Å². The average molecular weight is 209 g/mol. The minimum atomic E-state index is -2.95. The molecule has 0 aliphatic rings. The normalized spacial score (nSPS) is 14.4. The Bertz CT molecular complexity index is 211. The van der Waals surface area contributed by atoms with Crippen molar-refractivity contribution in [3.63, 3.8) is 0 Å². The Morgan fingerprint density at radius 3 is 2.46 bits per heavy atom. The lowest BCUT2D eigenvalue weighted by Gasteiger charge is -2.06. The molecule has 0 radical (unpaired) electrons. The maximum Gasteiger partial charge on any atom is 0.152 e. The van der Waals surface area contributed by atoms with Gasteiger partial charge in [-0.15, -0.1) is 0 Å². The van der Waals surface area contributed by atoms with E-state index in [-0.39, 0.29) is 24.2 Å². The first-order valence-electron chi connectivity index (χ1n) is 4.51. The molecule has 0 spiro atoms. The van der Waals surface area contributed by atoms with Crippen molar-refractivity contribution in [1.29, 1.82) is 0 Å². The van der Waals surface area contributed by atoms with Gasteiger partial charge in [-0.05, 0) is 20.3 Å². The molecule has 0 aliphatic heterocycles. The van der Waals surface area contributed by atoms with Gasteiger partial charge in [-0.2, -0.15) is 0 Å². The second-order valence-electron chi connectivity index (χ2n) is 3.11. The van der Waals surface area contributed by atoms with Gasteiger partial charge in [-0.1, -0.05) is 0 Å². The number of rotatable bonds is 7. The molecular formula is C8H19NO3S. The van der Waals surface area contributed by atoms with E-state index in [2.05, 4.69) is 0 Å². The lowest BCUT2D eigenvalue weighted by atomic mass is 10.3. The van der Waals surface area contributed by atoms with Crippen LogP contribution in [0.5, 0.6) is 0 Å². The van der Waals surface area contributed by atoms with E-state index in [1.807, 2.05) is 6.92 Å². The average Bonchev–Trinajstić information content (AvgIpc) is 2.02. The Hall–Kier alpha value is -0.130. The van der Waals surface area contributed by atoms with Gasteiger partial charge in [0.25, 0.3) is 0 Å². The first-order valence-corrected chi connectivity index (χ1v) is 6.34. The van der Waals surface area contributed by atoms with E-state index >= 15 is 0 Å². The molecule has 13 heavy (non-hydrogen) atoms. The predicted octanol–water partition coefficient (Wildman–Crippen LogP) is 0.175. The van der Waals surface area contributed by atoms with Crippen molar-refractivity contribution in [2.75, 3.05) is 24.7 Å². The minimum Gasteiger partial charge on any atom is -0.381 e. The molecule has 0 aliphatic carbocycles. The van der Waals surface area contributed by atoms with Gasteiger partial charge in [0.05, 0.1) is 18.1 Å². The Kier molecular flexibility index (Phi) is 6.28. The molecule has 4 nitrogen and oxygen atoms in total. The van der Waals surface area contributed by atoms with Crippen molar-refractivity contribution >= 4 is 9.84 Å². The molecule has 0 aromatic rings. The van der Waals surface area contributed by atoms with Crippen molar-refractivity contribution in [1.82, 2.24) is 0 Å². The van der Waals surface area contributed by atoms with Crippen LogP contribution in [0.3, 0.4) is 0 Å². The zero-order valence-corrected chi connectivity index (χ0v) is 9.14. The highest BCUT2D eigenvalue weighted by Gasteiger charge is 2.11. The van der Waals surface area contributed by atoms with Crippen LogP contribution in [0.25, 0.3) is 0 Å². The lowest BCUT2D eigenvalue weighted by Crippen LogP contribution is -2.22. The molecule has 0 fully saturated rings. The zero-order chi connectivity index (χ0) is 10.3. The summed E-state index contributed by atoms with van der Waals surface area (Å²) in [5.74, 6) is 0.269. The second kappa shape index (κ2) is 6.34. The number of sulfone groups is 1. The van der Waals surface area contributed by atoms with Crippen molar-refractivity contribution in [2.45, 2.75) is 26.3 Å². The van der Waals surface area contributed by atoms with Gasteiger partial charge in [-0.25, -0.2) is 8.42 Å². The van der Waals surface area contributed by atoms with Gasteiger partial charge in [0.1, 0.15) is 0 Å². The highest BCUT2D eigenvalue weighted by Crippen LogP contribution is 1.96. The van der Waals surface area contributed by atoms with Crippen molar-refractivity contribution in [3.05, 3.63) is 0 Å². The van der Waals surface area contributed by atoms with Crippen LogP contribution in [0.15, 0.2) is 0 Å². The molecular weight excluding hydrogens is 190 g/mol. The van der Waals surface area contributed by atoms with Crippen molar-refractivity contribution in [2.24, 2.45) is 5.73 Å². The Balaban J connectivity index is 3.68. The zero-order valence-electron chi connectivity index (χ0n) is 8.32. The molecule has 0 amide bonds. The van der Waals surface area contributed by atoms with E-state index in [1.165, 1.54) is 0 Å². The summed E-state index contributed by atoms with van der Waals surface area (Å²) in [6.07, 6.45) is 0.522. The molecule has 1 unspecified atom stereocenters. The summed E-state index contributed by atoms with van der Waals surface area (Å²) in [6.45, 7) is 4.49. The summed E-state index contributed by atoms with van der Waals surface area (Å²) in [5.41, 5.74) is 5.46. The smallest absolute Gasteiger partial charge is 0.152 e. The summed E-state index contributed by atoms with van der Waals surface area (Å²) < 4.78 is 27.5. The summed E-state index contributed by atoms with van der Waals surface area (Å²) in [6, 6.07) is -0.0538. The van der Waals surface area contributed by atoms with E-state index in [0.717, 1.165) is 0 Å². The maximum atomic E-state index is 11.3. The fourth-order valence-electron chi connectivity index (χ4n) is 0.798. The molecule has 0 bridgehead atoms. The Morgan fingerprint density at radius 2 is 2.00 bits per heavy atom. The maximum absolute atomic E-state index is 11.3. The third-order valence-electron chi connectivity index (χ3n) is 1.63. The molecule has 2 N–H and O–H groups in total. The van der Waals surface area contributed by atoms with Crippen molar-refractivity contribution in [3.8, 4) is 0 Å². The number of hydrogen-bond acceptors (Lipinski definition) is 4. The molecule has 80 valence electrons. The summed E-state index contributed by atoms with van der Waals surface area (Å²) in [7, 11) is -2.95. The monoisotopic (exact) mass is 209 g/mol. The van der Waals surface area contributed by atoms with Crippen LogP contribution in [0.2, 0.25) is 0 Å². The molecule has 0 aromatic heterocycles. The molecule has 0 saturated heterocycles. The van der Waals surface area contributed by atoms with Crippen LogP contribution >= 0.6 is 0 Å². The third-order valence-corrected chi connectivity index (χ3v) is 3.27. The largest absolute Gasteiger partial charge is 0.381 e. The van der Waals surface area contributed by atoms with Crippen LogP contribution in [-0.4, -0.2) is 39.2 Å². The summed E-state index contributed by atoms with van der Waals surface area (Å²) in [4.78, 5) is 0. The topological polar surface area (TPSA) is 69.4 Å². The molecule has 1 atom stereocenters. The van der Waals surface area contributed by atoms with E-state index in [9.17, 15) is 8.42 Å². The first kappa shape index (κ1) is 12.9. The van der Waals surface area contributed by atoms with E-state index in [1.54, 1.807) is 6.92 Å². The Labute approximate surface area is 80.4 Å². The van der Waals surface area contributed by atoms with Crippen molar-refractivity contribution < 1.29 is 13.2 Å². The van der Waals surface area contributed by atoms with Gasteiger partial charge in [0.15, 0.2) is 9.84 Å². The van der Waals surface area contributed by atoms with Crippen LogP contribution in [0, 0.1) is 0 Å². The first-order chi connectivity index (χ1) is 5.98. The highest BCUT2D eigenvalue weighted by atomic mass is 32.2. The van der Waals surface area contributed by atoms with Crippen LogP contribution in [0.4, 0.5) is 0 Å². The predicted molar refractivity (Wildman–Crippen MR) is 53.4 cm³/mol. The molecule has 0 heterocycles. The van der Waals surface area contributed by atoms with Gasteiger partial charge >= 0.3 is 0 Å². The third kappa shape index (κ3) is 8.21. The molecule has 0 saturated carbocycles. The summed E-state index contributed by atoms with van der Waals surface area (Å²) in [5, 5.41) is 0. The number of ether oxygens (including phenoxy) is 1. The van der Waals surface area contributed by atoms with Crippen LogP contribution in [0.1, 0.15) is 20.3 Å². The summed E-state index contributed by atoms with van der Waals surface area (Å²) >= 11 is 0. The Morgan fingerprint density at radius 1 is 1.38 bits per heavy atom. The SMILES string of the molecule is CCOCCS(=O)(=O)CCC(C)N. The molecule has 5 heteroatoms. The van der Waals surface area contributed by atoms with Crippen LogP contribution in [-0.2, 0) is 14.6 Å². The molecule has 0 rings (SSSR count). The van der Waals surface area contributed by atoms with E-state index in [4.69, 9.17) is 10.5 Å². The fraction of sp³-hybridized carbons (Fsp3) is 1.00. The number of nitrogens with two attached hydrogens (primary N) is 1. The van der Waals surface area contributed by atoms with E-state index < -0.39 is 9.84 Å². The minimum absolute atomic E-state index is 0.0538. The second-order valence-corrected chi connectivity index (χ2v) is 5.42. The lowest BCUT2D eigenvalue weighted by molar-refractivity contribution is 0.163. The van der Waals surface area contributed by atoms with Gasteiger partial charge < -0.3 is 10.5 Å². The van der Waals surface area contributed by atoms with Gasteiger partial charge in [0, 0.05) is 12.6 Å². The standard InChI is InChI=1S/C8H19NO3S/c1-3-12-5-7-13(10,11)6-4-8(2)9/h8H,3-7,9H2,1-2H3. The highest BCUT2D eigenvalue weighted by molar-refractivity contribution is 7.91. The fourth-order valence-corrected chi connectivity index (χ4v) is 2.10.